The summed E-state index contributed by atoms with van der Waals surface area (Å²) in [5.41, 5.74) is 2.54. The third-order valence-corrected chi connectivity index (χ3v) is 2.18. The second-order valence-electron chi connectivity index (χ2n) is 3.55. The lowest BCUT2D eigenvalue weighted by Gasteiger charge is -2.32. The number of hydrogen-bond acceptors (Lipinski definition) is 7. The van der Waals surface area contributed by atoms with Crippen LogP contribution in [0.25, 0.3) is 0 Å². The maximum absolute atomic E-state index is 11.3. The van der Waals surface area contributed by atoms with E-state index in [0.29, 0.717) is 0 Å². The largest absolute Gasteiger partial charge is 0.394 e. The number of aliphatic hydroxyl groups excluding tert-OH is 2. The van der Waals surface area contributed by atoms with Gasteiger partial charge in [-0.2, -0.15) is 0 Å². The van der Waals surface area contributed by atoms with E-state index in [9.17, 15) is 24.6 Å². The topological polar surface area (TPSA) is 138 Å². The summed E-state index contributed by atoms with van der Waals surface area (Å²) >= 11 is 0. The SMILES string of the molecule is CC(=O)C(=O)[C@H](C(C)=O)[C@](N)(O)[C@H](O)CO. The zero-order chi connectivity index (χ0) is 13.1. The molecule has 0 aliphatic carbocycles. The molecule has 5 N–H and O–H groups in total. The van der Waals surface area contributed by atoms with E-state index in [1.54, 1.807) is 0 Å². The molecule has 0 saturated heterocycles. The molecule has 3 atom stereocenters. The minimum atomic E-state index is -2.66. The zero-order valence-corrected chi connectivity index (χ0v) is 9.01. The van der Waals surface area contributed by atoms with Gasteiger partial charge in [-0.05, 0) is 6.92 Å². The third-order valence-electron chi connectivity index (χ3n) is 2.18. The van der Waals surface area contributed by atoms with Crippen molar-refractivity contribution in [3.63, 3.8) is 0 Å². The van der Waals surface area contributed by atoms with Crippen molar-refractivity contribution in [3.05, 3.63) is 0 Å². The quantitative estimate of drug-likeness (QED) is 0.223. The molecule has 92 valence electrons. The monoisotopic (exact) mass is 233 g/mol. The number of hydrogen-bond donors (Lipinski definition) is 4. The van der Waals surface area contributed by atoms with Crippen LogP contribution in [0.2, 0.25) is 0 Å². The van der Waals surface area contributed by atoms with E-state index in [4.69, 9.17) is 10.8 Å². The van der Waals surface area contributed by atoms with Crippen LogP contribution in [0.5, 0.6) is 0 Å². The summed E-state index contributed by atoms with van der Waals surface area (Å²) in [6.45, 7) is 0.926. The van der Waals surface area contributed by atoms with Crippen LogP contribution in [0.15, 0.2) is 0 Å². The molecular weight excluding hydrogens is 218 g/mol. The third kappa shape index (κ3) is 2.92. The molecule has 0 amide bonds. The van der Waals surface area contributed by atoms with Gasteiger partial charge < -0.3 is 21.1 Å². The molecule has 0 bridgehead atoms. The van der Waals surface area contributed by atoms with E-state index < -0.39 is 41.7 Å². The summed E-state index contributed by atoms with van der Waals surface area (Å²) in [5, 5.41) is 27.4. The molecule has 0 rings (SSSR count). The fourth-order valence-corrected chi connectivity index (χ4v) is 1.26. The maximum atomic E-state index is 11.3. The van der Waals surface area contributed by atoms with Crippen molar-refractivity contribution in [2.24, 2.45) is 11.7 Å². The van der Waals surface area contributed by atoms with E-state index >= 15 is 0 Å². The highest BCUT2D eigenvalue weighted by atomic mass is 16.4. The molecule has 0 radical (unpaired) electrons. The van der Waals surface area contributed by atoms with Crippen LogP contribution >= 0.6 is 0 Å². The summed E-state index contributed by atoms with van der Waals surface area (Å²) in [6.07, 6.45) is -1.90. The molecule has 0 heterocycles. The number of Topliss-reactive ketones (excluding diaryl/α,β-unsaturated/α-hetero) is 3. The van der Waals surface area contributed by atoms with E-state index in [0.717, 1.165) is 13.8 Å². The van der Waals surface area contributed by atoms with Crippen molar-refractivity contribution in [2.45, 2.75) is 25.7 Å². The average Bonchev–Trinajstić information content (AvgIpc) is 2.15. The fraction of sp³-hybridized carbons (Fsp3) is 0.667. The molecule has 0 fully saturated rings. The lowest BCUT2D eigenvalue weighted by Crippen LogP contribution is -2.62. The Bertz CT molecular complexity index is 311. The minimum Gasteiger partial charge on any atom is -0.394 e. The smallest absolute Gasteiger partial charge is 0.212 e. The highest BCUT2D eigenvalue weighted by Crippen LogP contribution is 2.19. The van der Waals surface area contributed by atoms with Gasteiger partial charge in [-0.3, -0.25) is 14.4 Å². The first-order valence-corrected chi connectivity index (χ1v) is 4.51. The second-order valence-corrected chi connectivity index (χ2v) is 3.55. The van der Waals surface area contributed by atoms with Gasteiger partial charge in [0.15, 0.2) is 11.5 Å². The van der Waals surface area contributed by atoms with Gasteiger partial charge in [-0.15, -0.1) is 0 Å². The number of carbonyl (C=O) groups is 3. The van der Waals surface area contributed by atoms with E-state index in [2.05, 4.69) is 0 Å². The molecule has 7 nitrogen and oxygen atoms in total. The number of ketones is 3. The van der Waals surface area contributed by atoms with E-state index in [1.807, 2.05) is 0 Å². The van der Waals surface area contributed by atoms with Crippen LogP contribution in [-0.4, -0.2) is 51.1 Å². The molecule has 0 aromatic carbocycles. The normalized spacial score (nSPS) is 18.4. The zero-order valence-electron chi connectivity index (χ0n) is 9.01. The molecule has 0 aliphatic rings. The number of nitrogens with two attached hydrogens (primary N) is 1. The molecule has 0 saturated carbocycles. The summed E-state index contributed by atoms with van der Waals surface area (Å²) in [5.74, 6) is -4.91. The molecule has 0 spiro atoms. The van der Waals surface area contributed by atoms with E-state index in [1.165, 1.54) is 0 Å². The van der Waals surface area contributed by atoms with Crippen molar-refractivity contribution < 1.29 is 29.7 Å². The van der Waals surface area contributed by atoms with Crippen molar-refractivity contribution in [3.8, 4) is 0 Å². The average molecular weight is 233 g/mol. The van der Waals surface area contributed by atoms with Crippen molar-refractivity contribution in [2.75, 3.05) is 6.61 Å². The van der Waals surface area contributed by atoms with Gasteiger partial charge >= 0.3 is 0 Å². The molecule has 0 aromatic heterocycles. The predicted molar refractivity (Wildman–Crippen MR) is 52.1 cm³/mol. The van der Waals surface area contributed by atoms with Crippen molar-refractivity contribution in [1.82, 2.24) is 0 Å². The van der Waals surface area contributed by atoms with Crippen LogP contribution < -0.4 is 5.73 Å². The highest BCUT2D eigenvalue weighted by molar-refractivity contribution is 6.40. The van der Waals surface area contributed by atoms with Crippen molar-refractivity contribution >= 4 is 17.3 Å². The Morgan fingerprint density at radius 1 is 1.31 bits per heavy atom. The molecular formula is C9H15NO6. The summed E-state index contributed by atoms with van der Waals surface area (Å²) < 4.78 is 0. The molecule has 0 unspecified atom stereocenters. The van der Waals surface area contributed by atoms with Gasteiger partial charge in [0.05, 0.1) is 6.61 Å². The summed E-state index contributed by atoms with van der Waals surface area (Å²) in [7, 11) is 0. The molecule has 0 aromatic rings. The maximum Gasteiger partial charge on any atom is 0.212 e. The summed E-state index contributed by atoms with van der Waals surface area (Å²) in [4.78, 5) is 33.3. The van der Waals surface area contributed by atoms with Crippen LogP contribution in [0, 0.1) is 5.92 Å². The van der Waals surface area contributed by atoms with Gasteiger partial charge in [0.2, 0.25) is 5.78 Å². The minimum absolute atomic E-state index is 0.863. The lowest BCUT2D eigenvalue weighted by atomic mass is 9.83. The number of carbonyl (C=O) groups excluding carboxylic acids is 3. The molecule has 0 aliphatic heterocycles. The Morgan fingerprint density at radius 3 is 2.00 bits per heavy atom. The Kier molecular flexibility index (Phi) is 4.88. The molecule has 16 heavy (non-hydrogen) atoms. The van der Waals surface area contributed by atoms with Gasteiger partial charge in [-0.1, -0.05) is 0 Å². The summed E-state index contributed by atoms with van der Waals surface area (Å²) in [6, 6.07) is 0. The Labute approximate surface area is 91.9 Å². The Morgan fingerprint density at radius 2 is 1.75 bits per heavy atom. The van der Waals surface area contributed by atoms with E-state index in [-0.39, 0.29) is 0 Å². The van der Waals surface area contributed by atoms with Crippen LogP contribution in [0.4, 0.5) is 0 Å². The highest BCUT2D eigenvalue weighted by Gasteiger charge is 2.47. The first kappa shape index (κ1) is 14.8. The van der Waals surface area contributed by atoms with Gasteiger partial charge in [0, 0.05) is 6.92 Å². The van der Waals surface area contributed by atoms with Crippen LogP contribution in [-0.2, 0) is 14.4 Å². The first-order valence-electron chi connectivity index (χ1n) is 4.51. The lowest BCUT2D eigenvalue weighted by molar-refractivity contribution is -0.163. The van der Waals surface area contributed by atoms with Gasteiger partial charge in [-0.25, -0.2) is 0 Å². The van der Waals surface area contributed by atoms with Gasteiger partial charge in [0.25, 0.3) is 0 Å². The van der Waals surface area contributed by atoms with Crippen LogP contribution in [0.1, 0.15) is 13.8 Å². The number of rotatable bonds is 6. The Balaban J connectivity index is 5.29. The van der Waals surface area contributed by atoms with Crippen molar-refractivity contribution in [1.29, 1.82) is 0 Å². The fourth-order valence-electron chi connectivity index (χ4n) is 1.26. The standard InChI is InChI=1S/C9H15NO6/c1-4(12)7(8(15)5(2)13)9(10,16)6(14)3-11/h6-7,11,14,16H,3,10H2,1-2H3/t6-,7+,9-/m1/s1. The predicted octanol–water partition coefficient (Wildman–Crippen LogP) is -2.65. The van der Waals surface area contributed by atoms with Crippen LogP contribution in [0.3, 0.4) is 0 Å². The Hall–Kier alpha value is -1.15. The first-order chi connectivity index (χ1) is 7.16. The number of aliphatic hydroxyl groups is 3. The molecule has 7 heteroatoms. The van der Waals surface area contributed by atoms with Gasteiger partial charge in [0.1, 0.15) is 17.8 Å². The second kappa shape index (κ2) is 5.26.